The molecule has 0 spiro atoms. The molecule has 0 fully saturated rings. The van der Waals surface area contributed by atoms with Gasteiger partial charge in [-0.1, -0.05) is 0 Å². The Balaban J connectivity index is 0.00000272. The highest BCUT2D eigenvalue weighted by molar-refractivity contribution is 5.85. The minimum absolute atomic E-state index is 0. The fraction of sp³-hybridized carbons (Fsp3) is 0.455. The van der Waals surface area contributed by atoms with Crippen molar-refractivity contribution < 1.29 is 33.2 Å². The van der Waals surface area contributed by atoms with Gasteiger partial charge in [-0.15, -0.1) is 24.8 Å². The molecule has 11 heteroatoms. The van der Waals surface area contributed by atoms with Crippen LogP contribution in [0.25, 0.3) is 0 Å². The number of hydrogen-bond donors (Lipinski definition) is 2. The van der Waals surface area contributed by atoms with Crippen molar-refractivity contribution >= 4 is 36.2 Å². The smallest absolute Gasteiger partial charge is 0.163 e. The van der Waals surface area contributed by atoms with E-state index in [1.54, 1.807) is 36.4 Å². The summed E-state index contributed by atoms with van der Waals surface area (Å²) in [6.45, 7) is 4.02. The van der Waals surface area contributed by atoms with Crippen LogP contribution in [0, 0.1) is 0 Å². The van der Waals surface area contributed by atoms with Gasteiger partial charge in [-0.05, 0) is 24.3 Å². The van der Waals surface area contributed by atoms with Crippen LogP contribution in [0.2, 0.25) is 0 Å². The molecule has 33 heavy (non-hydrogen) atoms. The first kappa shape index (κ1) is 28.7. The predicted molar refractivity (Wildman–Crippen MR) is 131 cm³/mol. The van der Waals surface area contributed by atoms with Gasteiger partial charge in [0, 0.05) is 23.5 Å². The van der Waals surface area contributed by atoms with Crippen molar-refractivity contribution in [3.8, 4) is 23.0 Å². The second-order valence-corrected chi connectivity index (χ2v) is 6.64. The summed E-state index contributed by atoms with van der Waals surface area (Å²) in [6.07, 6.45) is 0. The lowest BCUT2D eigenvalue weighted by Crippen LogP contribution is -2.14. The summed E-state index contributed by atoms with van der Waals surface area (Å²) in [7, 11) is 0. The van der Waals surface area contributed by atoms with Crippen LogP contribution in [0.5, 0.6) is 23.0 Å². The monoisotopic (exact) mass is 506 g/mol. The molecule has 9 nitrogen and oxygen atoms in total. The molecule has 0 saturated carbocycles. The summed E-state index contributed by atoms with van der Waals surface area (Å²) in [6, 6.07) is 10.5. The maximum Gasteiger partial charge on any atom is 0.163 e. The Morgan fingerprint density at radius 1 is 0.424 bits per heavy atom. The first-order valence-electron chi connectivity index (χ1n) is 10.3. The Labute approximate surface area is 206 Å². The summed E-state index contributed by atoms with van der Waals surface area (Å²) in [4.78, 5) is 0. The fourth-order valence-electron chi connectivity index (χ4n) is 2.78. The van der Waals surface area contributed by atoms with Gasteiger partial charge in [0.1, 0.15) is 26.4 Å². The third kappa shape index (κ3) is 10.4. The second-order valence-electron chi connectivity index (χ2n) is 6.64. The topological polar surface area (TPSA) is 117 Å². The number of benzene rings is 2. The maximum absolute atomic E-state index is 5.86. The van der Waals surface area contributed by atoms with E-state index in [0.29, 0.717) is 100 Å². The van der Waals surface area contributed by atoms with E-state index in [0.717, 1.165) is 0 Å². The summed E-state index contributed by atoms with van der Waals surface area (Å²) >= 11 is 0. The molecule has 0 radical (unpaired) electrons. The number of nitrogens with two attached hydrogens (primary N) is 2. The Bertz CT molecular complexity index is 814. The minimum Gasteiger partial charge on any atom is -0.487 e. The predicted octanol–water partition coefficient (Wildman–Crippen LogP) is 2.97. The van der Waals surface area contributed by atoms with Crippen LogP contribution in [0.15, 0.2) is 36.4 Å². The summed E-state index contributed by atoms with van der Waals surface area (Å²) < 4.78 is 39.7. The van der Waals surface area contributed by atoms with E-state index in [9.17, 15) is 0 Å². The highest BCUT2D eigenvalue weighted by Gasteiger charge is 2.08. The molecule has 1 heterocycles. The normalized spacial score (nSPS) is 16.2. The van der Waals surface area contributed by atoms with Crippen molar-refractivity contribution in [2.24, 2.45) is 0 Å². The van der Waals surface area contributed by atoms with Crippen LogP contribution in [0.3, 0.4) is 0 Å². The van der Waals surface area contributed by atoms with Gasteiger partial charge in [-0.2, -0.15) is 0 Å². The molecule has 0 amide bonds. The zero-order chi connectivity index (χ0) is 21.7. The van der Waals surface area contributed by atoms with Crippen molar-refractivity contribution in [3.05, 3.63) is 36.4 Å². The Morgan fingerprint density at radius 3 is 1.09 bits per heavy atom. The van der Waals surface area contributed by atoms with Crippen molar-refractivity contribution in [2.45, 2.75) is 0 Å². The first-order chi connectivity index (χ1) is 15.2. The van der Waals surface area contributed by atoms with Gasteiger partial charge in [0.05, 0.1) is 39.6 Å². The molecule has 186 valence electrons. The second kappa shape index (κ2) is 16.3. The highest BCUT2D eigenvalue weighted by Crippen LogP contribution is 2.30. The van der Waals surface area contributed by atoms with Crippen LogP contribution in [0.4, 0.5) is 11.4 Å². The molecule has 2 aromatic carbocycles. The van der Waals surface area contributed by atoms with Crippen LogP contribution in [0.1, 0.15) is 0 Å². The zero-order valence-corrected chi connectivity index (χ0v) is 20.0. The number of rotatable bonds is 0. The van der Waals surface area contributed by atoms with Crippen molar-refractivity contribution in [1.29, 1.82) is 0 Å². The molecule has 1 aliphatic heterocycles. The zero-order valence-electron chi connectivity index (χ0n) is 18.4. The number of ether oxygens (including phenoxy) is 7. The molecule has 0 aromatic heterocycles. The third-order valence-electron chi connectivity index (χ3n) is 4.25. The number of hydrogen-bond acceptors (Lipinski definition) is 9. The molecular formula is C22H32Cl2N2O7. The van der Waals surface area contributed by atoms with Gasteiger partial charge < -0.3 is 44.6 Å². The van der Waals surface area contributed by atoms with E-state index in [1.807, 2.05) is 0 Å². The maximum atomic E-state index is 5.86. The van der Waals surface area contributed by atoms with Crippen molar-refractivity contribution in [2.75, 3.05) is 77.5 Å². The van der Waals surface area contributed by atoms with E-state index in [1.165, 1.54) is 0 Å². The van der Waals surface area contributed by atoms with Crippen LogP contribution in [-0.4, -0.2) is 66.1 Å². The van der Waals surface area contributed by atoms with Crippen LogP contribution < -0.4 is 30.4 Å². The van der Waals surface area contributed by atoms with Crippen molar-refractivity contribution in [1.82, 2.24) is 0 Å². The van der Waals surface area contributed by atoms with E-state index >= 15 is 0 Å². The minimum atomic E-state index is 0. The molecule has 1 aliphatic rings. The lowest BCUT2D eigenvalue weighted by molar-refractivity contribution is 0.0268. The van der Waals surface area contributed by atoms with E-state index < -0.39 is 0 Å². The standard InChI is InChI=1S/C22H30N2O7.2ClH/c23-17-2-4-20-21(15-17)30-13-9-26-6-5-25-7-11-28-19-3-1-18(24)16-22(19)31-14-10-27-8-12-29-20;;/h1-4,15-16H,5-14,23-24H2;2*1H. The Morgan fingerprint density at radius 2 is 0.727 bits per heavy atom. The first-order valence-corrected chi connectivity index (χ1v) is 10.3. The average molecular weight is 507 g/mol. The lowest BCUT2D eigenvalue weighted by Gasteiger charge is -2.14. The van der Waals surface area contributed by atoms with Crippen LogP contribution in [-0.2, 0) is 14.2 Å². The van der Waals surface area contributed by atoms with E-state index in [2.05, 4.69) is 0 Å². The average Bonchev–Trinajstić information content (AvgIpc) is 2.76. The summed E-state index contributed by atoms with van der Waals surface area (Å²) in [5.41, 5.74) is 12.9. The van der Waals surface area contributed by atoms with Crippen LogP contribution >= 0.6 is 24.8 Å². The molecule has 3 rings (SSSR count). The molecule has 0 unspecified atom stereocenters. The molecule has 0 bridgehead atoms. The Hall–Kier alpha value is -2.30. The molecule has 0 saturated heterocycles. The number of anilines is 2. The largest absolute Gasteiger partial charge is 0.487 e. The summed E-state index contributed by atoms with van der Waals surface area (Å²) in [5, 5.41) is 0. The van der Waals surface area contributed by atoms with Gasteiger partial charge >= 0.3 is 0 Å². The highest BCUT2D eigenvalue weighted by atomic mass is 35.5. The third-order valence-corrected chi connectivity index (χ3v) is 4.25. The summed E-state index contributed by atoms with van der Waals surface area (Å²) in [5.74, 6) is 2.35. The SMILES string of the molecule is Cl.Cl.Nc1ccc2c(c1)OCCOCCOCCOc1ccc(N)cc1OCCOCCO2. The fourth-order valence-corrected chi connectivity index (χ4v) is 2.78. The van der Waals surface area contributed by atoms with E-state index in [4.69, 9.17) is 44.6 Å². The quantitative estimate of drug-likeness (QED) is 0.519. The Kier molecular flexibility index (Phi) is 14.2. The van der Waals surface area contributed by atoms with E-state index in [-0.39, 0.29) is 24.8 Å². The van der Waals surface area contributed by atoms with Gasteiger partial charge in [-0.3, -0.25) is 0 Å². The molecule has 2 aromatic rings. The van der Waals surface area contributed by atoms with Gasteiger partial charge in [-0.25, -0.2) is 0 Å². The number of nitrogen functional groups attached to an aromatic ring is 2. The number of fused-ring (bicyclic) bond motifs is 2. The van der Waals surface area contributed by atoms with Gasteiger partial charge in [0.15, 0.2) is 23.0 Å². The molecule has 0 atom stereocenters. The number of halogens is 2. The van der Waals surface area contributed by atoms with Gasteiger partial charge in [0.2, 0.25) is 0 Å². The molecule has 4 N–H and O–H groups in total. The molecule has 0 aliphatic carbocycles. The molecular weight excluding hydrogens is 475 g/mol. The lowest BCUT2D eigenvalue weighted by atomic mass is 10.3. The van der Waals surface area contributed by atoms with Gasteiger partial charge in [0.25, 0.3) is 0 Å². The van der Waals surface area contributed by atoms with Crippen molar-refractivity contribution in [3.63, 3.8) is 0 Å².